The SMILES string of the molecule is COc1ccc2c(c1)CC(c1ccncc1)=NC2Cl. The predicted octanol–water partition coefficient (Wildman–Crippen LogP) is 3.37. The molecule has 4 heteroatoms. The van der Waals surface area contributed by atoms with Gasteiger partial charge in [-0.15, -0.1) is 0 Å². The monoisotopic (exact) mass is 272 g/mol. The summed E-state index contributed by atoms with van der Waals surface area (Å²) in [5, 5.41) is 0. The average Bonchev–Trinajstić information content (AvgIpc) is 2.47. The van der Waals surface area contributed by atoms with E-state index >= 15 is 0 Å². The largest absolute Gasteiger partial charge is 0.497 e. The Kier molecular flexibility index (Phi) is 3.22. The lowest BCUT2D eigenvalue weighted by Crippen LogP contribution is -2.14. The molecule has 1 unspecified atom stereocenters. The van der Waals surface area contributed by atoms with Crippen molar-refractivity contribution in [3.8, 4) is 5.75 Å². The van der Waals surface area contributed by atoms with Gasteiger partial charge in [-0.3, -0.25) is 9.98 Å². The summed E-state index contributed by atoms with van der Waals surface area (Å²) in [6.45, 7) is 0. The first-order valence-electron chi connectivity index (χ1n) is 6.06. The first kappa shape index (κ1) is 12.2. The van der Waals surface area contributed by atoms with Gasteiger partial charge >= 0.3 is 0 Å². The van der Waals surface area contributed by atoms with Gasteiger partial charge in [0, 0.05) is 24.5 Å². The van der Waals surface area contributed by atoms with Crippen LogP contribution in [0.25, 0.3) is 0 Å². The zero-order chi connectivity index (χ0) is 13.2. The Morgan fingerprint density at radius 1 is 1.21 bits per heavy atom. The molecule has 96 valence electrons. The molecule has 0 N–H and O–H groups in total. The number of aliphatic imine (C=N–C) groups is 1. The maximum absolute atomic E-state index is 6.34. The van der Waals surface area contributed by atoms with Crippen molar-refractivity contribution in [1.82, 2.24) is 4.98 Å². The summed E-state index contributed by atoms with van der Waals surface area (Å²) in [6, 6.07) is 9.83. The van der Waals surface area contributed by atoms with E-state index in [1.165, 1.54) is 5.56 Å². The number of hydrogen-bond acceptors (Lipinski definition) is 3. The molecule has 0 saturated carbocycles. The smallest absolute Gasteiger partial charge is 0.149 e. The van der Waals surface area contributed by atoms with Crippen molar-refractivity contribution in [3.05, 3.63) is 59.4 Å². The van der Waals surface area contributed by atoms with Crippen molar-refractivity contribution >= 4 is 17.3 Å². The number of nitrogens with zero attached hydrogens (tertiary/aromatic N) is 2. The van der Waals surface area contributed by atoms with Crippen LogP contribution in [-0.2, 0) is 6.42 Å². The van der Waals surface area contributed by atoms with Gasteiger partial charge in [0.15, 0.2) is 0 Å². The van der Waals surface area contributed by atoms with Crippen LogP contribution in [0.1, 0.15) is 22.2 Å². The first-order chi connectivity index (χ1) is 9.28. The Balaban J connectivity index is 2.00. The Morgan fingerprint density at radius 2 is 2.00 bits per heavy atom. The van der Waals surface area contributed by atoms with Crippen LogP contribution in [0.5, 0.6) is 5.75 Å². The van der Waals surface area contributed by atoms with Crippen LogP contribution in [0.4, 0.5) is 0 Å². The lowest BCUT2D eigenvalue weighted by atomic mass is 9.95. The number of fused-ring (bicyclic) bond motifs is 1. The van der Waals surface area contributed by atoms with E-state index in [1.807, 2.05) is 30.3 Å². The van der Waals surface area contributed by atoms with Crippen molar-refractivity contribution in [2.24, 2.45) is 4.99 Å². The van der Waals surface area contributed by atoms with Crippen molar-refractivity contribution in [2.75, 3.05) is 7.11 Å². The lowest BCUT2D eigenvalue weighted by Gasteiger charge is -2.21. The maximum atomic E-state index is 6.34. The molecule has 0 radical (unpaired) electrons. The van der Waals surface area contributed by atoms with Gasteiger partial charge in [-0.2, -0.15) is 0 Å². The molecule has 1 atom stereocenters. The van der Waals surface area contributed by atoms with E-state index < -0.39 is 0 Å². The molecule has 0 bridgehead atoms. The van der Waals surface area contributed by atoms with Crippen LogP contribution < -0.4 is 4.74 Å². The second-order valence-electron chi connectivity index (χ2n) is 4.39. The highest BCUT2D eigenvalue weighted by Crippen LogP contribution is 2.33. The zero-order valence-electron chi connectivity index (χ0n) is 10.5. The number of methoxy groups -OCH3 is 1. The number of alkyl halides is 1. The molecule has 1 aromatic heterocycles. The summed E-state index contributed by atoms with van der Waals surface area (Å²) in [6.07, 6.45) is 4.30. The summed E-state index contributed by atoms with van der Waals surface area (Å²) in [7, 11) is 1.67. The molecule has 1 aliphatic heterocycles. The van der Waals surface area contributed by atoms with Gasteiger partial charge in [-0.25, -0.2) is 0 Å². The number of ether oxygens (including phenoxy) is 1. The van der Waals surface area contributed by atoms with E-state index in [0.717, 1.165) is 29.0 Å². The molecule has 0 amide bonds. The van der Waals surface area contributed by atoms with E-state index in [9.17, 15) is 0 Å². The maximum Gasteiger partial charge on any atom is 0.149 e. The minimum atomic E-state index is -0.335. The second kappa shape index (κ2) is 5.02. The van der Waals surface area contributed by atoms with Gasteiger partial charge < -0.3 is 4.74 Å². The highest BCUT2D eigenvalue weighted by molar-refractivity contribution is 6.22. The topological polar surface area (TPSA) is 34.5 Å². The van der Waals surface area contributed by atoms with Gasteiger partial charge in [-0.1, -0.05) is 17.7 Å². The van der Waals surface area contributed by atoms with Crippen LogP contribution in [0.3, 0.4) is 0 Å². The average molecular weight is 273 g/mol. The summed E-state index contributed by atoms with van der Waals surface area (Å²) < 4.78 is 5.26. The van der Waals surface area contributed by atoms with Crippen LogP contribution in [0.2, 0.25) is 0 Å². The fourth-order valence-electron chi connectivity index (χ4n) is 2.25. The summed E-state index contributed by atoms with van der Waals surface area (Å²) in [4.78, 5) is 8.59. The highest BCUT2D eigenvalue weighted by Gasteiger charge is 2.21. The molecule has 0 spiro atoms. The Morgan fingerprint density at radius 3 is 2.74 bits per heavy atom. The standard InChI is InChI=1S/C15H13ClN2O/c1-19-12-2-3-13-11(8-12)9-14(18-15(13)16)10-4-6-17-7-5-10/h2-8,15H,9H2,1H3. The van der Waals surface area contributed by atoms with E-state index in [2.05, 4.69) is 9.98 Å². The molecule has 2 heterocycles. The molecule has 3 rings (SSSR count). The van der Waals surface area contributed by atoms with Gasteiger partial charge in [0.05, 0.1) is 7.11 Å². The van der Waals surface area contributed by atoms with Crippen LogP contribution in [0, 0.1) is 0 Å². The highest BCUT2D eigenvalue weighted by atomic mass is 35.5. The quantitative estimate of drug-likeness (QED) is 0.620. The summed E-state index contributed by atoms with van der Waals surface area (Å²) in [5.41, 5.74) is 3.94. The fraction of sp³-hybridized carbons (Fsp3) is 0.200. The molecule has 19 heavy (non-hydrogen) atoms. The van der Waals surface area contributed by atoms with Crippen LogP contribution >= 0.6 is 11.6 Å². The Bertz CT molecular complexity index is 625. The van der Waals surface area contributed by atoms with Crippen LogP contribution in [0.15, 0.2) is 47.7 Å². The van der Waals surface area contributed by atoms with E-state index in [0.29, 0.717) is 0 Å². The first-order valence-corrected chi connectivity index (χ1v) is 6.49. The van der Waals surface area contributed by atoms with Gasteiger partial charge in [0.2, 0.25) is 0 Å². The van der Waals surface area contributed by atoms with Gasteiger partial charge in [0.1, 0.15) is 11.3 Å². The second-order valence-corrected chi connectivity index (χ2v) is 4.80. The molecule has 1 aliphatic rings. The van der Waals surface area contributed by atoms with Gasteiger partial charge in [-0.05, 0) is 41.0 Å². The van der Waals surface area contributed by atoms with Crippen molar-refractivity contribution in [2.45, 2.75) is 11.9 Å². The summed E-state index contributed by atoms with van der Waals surface area (Å²) in [5.74, 6) is 0.846. The number of rotatable bonds is 2. The molecule has 0 aliphatic carbocycles. The fourth-order valence-corrected chi connectivity index (χ4v) is 2.58. The van der Waals surface area contributed by atoms with Crippen molar-refractivity contribution < 1.29 is 4.74 Å². The number of halogens is 1. The molecule has 2 aromatic rings. The molecule has 3 nitrogen and oxygen atoms in total. The Hall–Kier alpha value is -1.87. The third kappa shape index (κ3) is 2.34. The molecular weight excluding hydrogens is 260 g/mol. The van der Waals surface area contributed by atoms with Gasteiger partial charge in [0.25, 0.3) is 0 Å². The minimum Gasteiger partial charge on any atom is -0.497 e. The number of pyridine rings is 1. The third-order valence-corrected chi connectivity index (χ3v) is 3.58. The van der Waals surface area contributed by atoms with Crippen LogP contribution in [-0.4, -0.2) is 17.8 Å². The van der Waals surface area contributed by atoms with E-state index in [1.54, 1.807) is 19.5 Å². The number of hydrogen-bond donors (Lipinski definition) is 0. The van der Waals surface area contributed by atoms with E-state index in [-0.39, 0.29) is 5.50 Å². The molecular formula is C15H13ClN2O. The molecule has 0 fully saturated rings. The lowest BCUT2D eigenvalue weighted by molar-refractivity contribution is 0.414. The van der Waals surface area contributed by atoms with E-state index in [4.69, 9.17) is 16.3 Å². The molecule has 0 saturated heterocycles. The normalized spacial score (nSPS) is 17.6. The zero-order valence-corrected chi connectivity index (χ0v) is 11.3. The summed E-state index contributed by atoms with van der Waals surface area (Å²) >= 11 is 6.34. The Labute approximate surface area is 116 Å². The third-order valence-electron chi connectivity index (χ3n) is 3.25. The molecule has 1 aromatic carbocycles. The van der Waals surface area contributed by atoms with Crippen molar-refractivity contribution in [1.29, 1.82) is 0 Å². The number of aromatic nitrogens is 1. The number of benzene rings is 1. The minimum absolute atomic E-state index is 0.335. The van der Waals surface area contributed by atoms with Crippen molar-refractivity contribution in [3.63, 3.8) is 0 Å². The predicted molar refractivity (Wildman–Crippen MR) is 76.1 cm³/mol.